The van der Waals surface area contributed by atoms with Gasteiger partial charge in [0.05, 0.1) is 36.1 Å². The van der Waals surface area contributed by atoms with Gasteiger partial charge in [-0.25, -0.2) is 9.78 Å². The molecule has 1 aliphatic heterocycles. The first kappa shape index (κ1) is 12.8. The highest BCUT2D eigenvalue weighted by atomic mass is 16.6. The number of para-hydroxylation sites is 1. The van der Waals surface area contributed by atoms with Gasteiger partial charge in [0.15, 0.2) is 0 Å². The zero-order valence-corrected chi connectivity index (χ0v) is 11.9. The first-order chi connectivity index (χ1) is 10.7. The van der Waals surface area contributed by atoms with Crippen LogP contribution in [-0.2, 0) is 11.3 Å². The molecule has 110 valence electrons. The van der Waals surface area contributed by atoms with Crippen LogP contribution < -0.4 is 5.56 Å². The number of nitrogens with zero attached hydrogens (tertiary/aromatic N) is 3. The Hall–Kier alpha value is -2.89. The molecule has 0 aliphatic carbocycles. The second-order valence-electron chi connectivity index (χ2n) is 5.11. The van der Waals surface area contributed by atoms with E-state index in [0.717, 1.165) is 27.7 Å². The Balaban J connectivity index is 1.97. The predicted octanol–water partition coefficient (Wildman–Crippen LogP) is 2.23. The monoisotopic (exact) mass is 295 g/mol. The molecule has 0 spiro atoms. The van der Waals surface area contributed by atoms with Gasteiger partial charge < -0.3 is 4.74 Å². The summed E-state index contributed by atoms with van der Waals surface area (Å²) >= 11 is 0. The van der Waals surface area contributed by atoms with Crippen molar-refractivity contribution >= 4 is 28.6 Å². The van der Waals surface area contributed by atoms with Crippen LogP contribution in [0.3, 0.4) is 0 Å². The van der Waals surface area contributed by atoms with Crippen LogP contribution in [0.4, 0.5) is 4.79 Å². The molecule has 1 aliphatic rings. The average Bonchev–Trinajstić information content (AvgIpc) is 2.87. The number of aromatic nitrogens is 2. The fourth-order valence-electron chi connectivity index (χ4n) is 2.98. The summed E-state index contributed by atoms with van der Waals surface area (Å²) in [7, 11) is 0. The molecule has 0 radical (unpaired) electrons. The zero-order chi connectivity index (χ0) is 15.3. The van der Waals surface area contributed by atoms with Crippen LogP contribution in [0, 0.1) is 0 Å². The Morgan fingerprint density at radius 3 is 3.09 bits per heavy atom. The van der Waals surface area contributed by atoms with Gasteiger partial charge in [-0.15, -0.1) is 0 Å². The van der Waals surface area contributed by atoms with Crippen molar-refractivity contribution in [3.05, 3.63) is 52.2 Å². The fourth-order valence-corrected chi connectivity index (χ4v) is 2.98. The van der Waals surface area contributed by atoms with E-state index in [1.807, 2.05) is 18.2 Å². The molecule has 6 heteroatoms. The van der Waals surface area contributed by atoms with Crippen LogP contribution in [0.25, 0.3) is 22.5 Å². The van der Waals surface area contributed by atoms with Gasteiger partial charge in [0.25, 0.3) is 5.56 Å². The molecule has 0 atom stereocenters. The number of rotatable bonds is 1. The topological polar surface area (TPSA) is 63.9 Å². The summed E-state index contributed by atoms with van der Waals surface area (Å²) in [6.45, 7) is 2.48. The largest absolute Gasteiger partial charge is 0.449 e. The number of ether oxygens (including phenoxy) is 1. The van der Waals surface area contributed by atoms with Gasteiger partial charge in [-0.2, -0.15) is 0 Å². The van der Waals surface area contributed by atoms with Crippen molar-refractivity contribution < 1.29 is 9.53 Å². The molecule has 22 heavy (non-hydrogen) atoms. The highest BCUT2D eigenvalue weighted by Gasteiger charge is 2.24. The number of benzene rings is 1. The minimum atomic E-state index is -0.390. The molecular weight excluding hydrogens is 282 g/mol. The van der Waals surface area contributed by atoms with Crippen LogP contribution in [-0.4, -0.2) is 27.0 Å². The van der Waals surface area contributed by atoms with E-state index in [1.54, 1.807) is 23.6 Å². The van der Waals surface area contributed by atoms with E-state index in [9.17, 15) is 9.59 Å². The SMILES string of the molecule is CCOC(=O)N1C=Cc2c(c3cccc4ncc(=O)n2c43)C1. The molecule has 2 aromatic heterocycles. The Bertz CT molecular complexity index is 974. The van der Waals surface area contributed by atoms with Crippen LogP contribution >= 0.6 is 0 Å². The Labute approximate surface area is 125 Å². The van der Waals surface area contributed by atoms with E-state index in [-0.39, 0.29) is 11.7 Å². The minimum Gasteiger partial charge on any atom is -0.449 e. The summed E-state index contributed by atoms with van der Waals surface area (Å²) in [6.07, 6.45) is 4.37. The van der Waals surface area contributed by atoms with Crippen LogP contribution in [0.1, 0.15) is 18.2 Å². The molecule has 3 heterocycles. The Kier molecular flexibility index (Phi) is 2.66. The molecule has 3 aromatic rings. The quantitative estimate of drug-likeness (QED) is 0.690. The standard InChI is InChI=1S/C16H13N3O3/c1-2-22-16(21)18-7-6-13-11(9-18)10-4-3-5-12-15(10)19(13)14(20)8-17-12/h3-8H,2,9H2,1H3. The van der Waals surface area contributed by atoms with E-state index >= 15 is 0 Å². The summed E-state index contributed by atoms with van der Waals surface area (Å²) in [5.74, 6) is 0. The van der Waals surface area contributed by atoms with Crippen LogP contribution in [0.15, 0.2) is 35.4 Å². The maximum absolute atomic E-state index is 12.2. The smallest absolute Gasteiger partial charge is 0.414 e. The molecule has 0 saturated carbocycles. The van der Waals surface area contributed by atoms with E-state index in [1.165, 1.54) is 11.1 Å². The average molecular weight is 295 g/mol. The highest BCUT2D eigenvalue weighted by molar-refractivity contribution is 5.99. The molecule has 1 aromatic carbocycles. The lowest BCUT2D eigenvalue weighted by Crippen LogP contribution is -2.28. The predicted molar refractivity (Wildman–Crippen MR) is 81.8 cm³/mol. The molecule has 1 amide bonds. The third-order valence-electron chi connectivity index (χ3n) is 3.89. The van der Waals surface area contributed by atoms with Gasteiger partial charge >= 0.3 is 6.09 Å². The molecule has 0 unspecified atom stereocenters. The first-order valence-electron chi connectivity index (χ1n) is 7.07. The minimum absolute atomic E-state index is 0.167. The summed E-state index contributed by atoms with van der Waals surface area (Å²) in [6, 6.07) is 5.73. The van der Waals surface area contributed by atoms with E-state index in [4.69, 9.17) is 4.74 Å². The Morgan fingerprint density at radius 1 is 1.41 bits per heavy atom. The number of hydrogen-bond donors (Lipinski definition) is 0. The zero-order valence-electron chi connectivity index (χ0n) is 11.9. The van der Waals surface area contributed by atoms with Crippen molar-refractivity contribution in [1.29, 1.82) is 0 Å². The second kappa shape index (κ2) is 4.56. The second-order valence-corrected chi connectivity index (χ2v) is 5.11. The van der Waals surface area contributed by atoms with Gasteiger partial charge in [-0.1, -0.05) is 12.1 Å². The molecule has 0 saturated heterocycles. The van der Waals surface area contributed by atoms with Gasteiger partial charge in [0, 0.05) is 17.1 Å². The van der Waals surface area contributed by atoms with Crippen LogP contribution in [0.2, 0.25) is 0 Å². The van der Waals surface area contributed by atoms with Crippen molar-refractivity contribution in [3.63, 3.8) is 0 Å². The summed E-state index contributed by atoms with van der Waals surface area (Å²) in [5.41, 5.74) is 3.14. The molecule has 0 bridgehead atoms. The molecule has 0 fully saturated rings. The van der Waals surface area contributed by atoms with Gasteiger partial charge in [-0.3, -0.25) is 14.1 Å². The van der Waals surface area contributed by atoms with Gasteiger partial charge in [-0.05, 0) is 19.1 Å². The van der Waals surface area contributed by atoms with Crippen LogP contribution in [0.5, 0.6) is 0 Å². The lowest BCUT2D eigenvalue weighted by Gasteiger charge is -2.21. The summed E-state index contributed by atoms with van der Waals surface area (Å²) < 4.78 is 6.69. The third kappa shape index (κ3) is 1.64. The lowest BCUT2D eigenvalue weighted by atomic mass is 10.1. The van der Waals surface area contributed by atoms with Gasteiger partial charge in [0.1, 0.15) is 0 Å². The number of carbonyl (C=O) groups excluding carboxylic acids is 1. The summed E-state index contributed by atoms with van der Waals surface area (Å²) in [5, 5.41) is 0.941. The van der Waals surface area contributed by atoms with Gasteiger partial charge in [0.2, 0.25) is 0 Å². The van der Waals surface area contributed by atoms with Crippen molar-refractivity contribution in [2.45, 2.75) is 13.5 Å². The van der Waals surface area contributed by atoms with E-state index < -0.39 is 0 Å². The first-order valence-corrected chi connectivity index (χ1v) is 7.07. The molecular formula is C16H13N3O3. The Morgan fingerprint density at radius 2 is 2.27 bits per heavy atom. The van der Waals surface area contributed by atoms with Crippen molar-refractivity contribution in [1.82, 2.24) is 14.3 Å². The third-order valence-corrected chi connectivity index (χ3v) is 3.89. The fraction of sp³-hybridized carbons (Fsp3) is 0.188. The number of amides is 1. The summed E-state index contributed by atoms with van der Waals surface area (Å²) in [4.78, 5) is 29.8. The van der Waals surface area contributed by atoms with E-state index in [2.05, 4.69) is 4.98 Å². The van der Waals surface area contributed by atoms with Crippen molar-refractivity contribution in [3.8, 4) is 0 Å². The number of carbonyl (C=O) groups is 1. The van der Waals surface area contributed by atoms with Crippen molar-refractivity contribution in [2.24, 2.45) is 0 Å². The maximum Gasteiger partial charge on any atom is 0.414 e. The maximum atomic E-state index is 12.2. The molecule has 0 N–H and O–H groups in total. The number of hydrogen-bond acceptors (Lipinski definition) is 4. The normalized spacial score (nSPS) is 13.8. The molecule has 4 rings (SSSR count). The number of fused-ring (bicyclic) bond motifs is 3. The van der Waals surface area contributed by atoms with Crippen molar-refractivity contribution in [2.75, 3.05) is 6.61 Å². The lowest BCUT2D eigenvalue weighted by molar-refractivity contribution is 0.120. The highest BCUT2D eigenvalue weighted by Crippen LogP contribution is 2.31. The molecule has 6 nitrogen and oxygen atoms in total. The van der Waals surface area contributed by atoms with E-state index in [0.29, 0.717) is 13.2 Å².